The van der Waals surface area contributed by atoms with Crippen molar-refractivity contribution in [2.75, 3.05) is 34.0 Å². The van der Waals surface area contributed by atoms with Crippen LogP contribution in [0.1, 0.15) is 46.4 Å². The maximum absolute atomic E-state index is 13.4. The topological polar surface area (TPSA) is 74.3 Å². The summed E-state index contributed by atoms with van der Waals surface area (Å²) in [6, 6.07) is 20.5. The van der Waals surface area contributed by atoms with Crippen molar-refractivity contribution < 1.29 is 28.5 Å². The zero-order chi connectivity index (χ0) is 26.2. The first-order valence-corrected chi connectivity index (χ1v) is 12.5. The minimum Gasteiger partial charge on any atom is -0.493 e. The smallest absolute Gasteiger partial charge is 0.338 e. The molecule has 1 atom stereocenters. The van der Waals surface area contributed by atoms with Crippen molar-refractivity contribution >= 4 is 11.9 Å². The van der Waals surface area contributed by atoms with Crippen LogP contribution in [0.15, 0.2) is 66.7 Å². The Morgan fingerprint density at radius 3 is 2.32 bits per heavy atom. The van der Waals surface area contributed by atoms with Crippen LogP contribution in [0, 0.1) is 0 Å². The van der Waals surface area contributed by atoms with Gasteiger partial charge in [0, 0.05) is 13.0 Å². The second-order valence-corrected chi connectivity index (χ2v) is 8.80. The number of aryl methyl sites for hydroxylation is 1. The molecule has 1 aliphatic rings. The number of carbonyl (C=O) groups is 2. The van der Waals surface area contributed by atoms with E-state index < -0.39 is 0 Å². The molecule has 0 N–H and O–H groups in total. The Balaban J connectivity index is 1.56. The van der Waals surface area contributed by atoms with Crippen molar-refractivity contribution in [2.24, 2.45) is 0 Å². The summed E-state index contributed by atoms with van der Waals surface area (Å²) in [6.07, 6.45) is 1.81. The molecule has 1 heterocycles. The molecule has 1 unspecified atom stereocenters. The summed E-state index contributed by atoms with van der Waals surface area (Å²) in [7, 11) is 3.22. The van der Waals surface area contributed by atoms with Crippen molar-refractivity contribution in [3.8, 4) is 17.2 Å². The van der Waals surface area contributed by atoms with Crippen molar-refractivity contribution in [1.82, 2.24) is 4.90 Å². The third kappa shape index (κ3) is 6.23. The van der Waals surface area contributed by atoms with E-state index in [2.05, 4.69) is 0 Å². The van der Waals surface area contributed by atoms with Gasteiger partial charge < -0.3 is 23.8 Å². The van der Waals surface area contributed by atoms with Gasteiger partial charge in [-0.1, -0.05) is 30.3 Å². The first-order valence-electron chi connectivity index (χ1n) is 12.5. The van der Waals surface area contributed by atoms with Crippen LogP contribution in [0.3, 0.4) is 0 Å². The van der Waals surface area contributed by atoms with Crippen molar-refractivity contribution in [3.63, 3.8) is 0 Å². The normalized spacial score (nSPS) is 14.5. The van der Waals surface area contributed by atoms with Crippen LogP contribution in [-0.4, -0.2) is 50.8 Å². The van der Waals surface area contributed by atoms with Crippen LogP contribution in [0.5, 0.6) is 17.2 Å². The van der Waals surface area contributed by atoms with E-state index in [-0.39, 0.29) is 24.5 Å². The molecule has 7 heteroatoms. The number of hydrogen-bond donors (Lipinski definition) is 0. The Hall–Kier alpha value is -4.00. The van der Waals surface area contributed by atoms with Gasteiger partial charge in [0.2, 0.25) is 5.91 Å². The highest BCUT2D eigenvalue weighted by atomic mass is 16.5. The second kappa shape index (κ2) is 12.3. The number of methoxy groups -OCH3 is 2. The molecule has 0 spiro atoms. The molecule has 0 aromatic heterocycles. The van der Waals surface area contributed by atoms with E-state index in [1.165, 1.54) is 0 Å². The summed E-state index contributed by atoms with van der Waals surface area (Å²) >= 11 is 0. The number of amides is 1. The number of hydrogen-bond acceptors (Lipinski definition) is 6. The Morgan fingerprint density at radius 2 is 1.65 bits per heavy atom. The lowest BCUT2D eigenvalue weighted by molar-refractivity contribution is -0.134. The predicted octanol–water partition coefficient (Wildman–Crippen LogP) is 5.02. The maximum Gasteiger partial charge on any atom is 0.338 e. The molecule has 7 nitrogen and oxygen atoms in total. The molecule has 1 amide bonds. The Bertz CT molecular complexity index is 1210. The average Bonchev–Trinajstić information content (AvgIpc) is 2.94. The monoisotopic (exact) mass is 503 g/mol. The zero-order valence-corrected chi connectivity index (χ0v) is 21.6. The first kappa shape index (κ1) is 26.1. The summed E-state index contributed by atoms with van der Waals surface area (Å²) in [5, 5.41) is 0. The largest absolute Gasteiger partial charge is 0.493 e. The molecular formula is C30H33NO6. The molecule has 0 saturated carbocycles. The van der Waals surface area contributed by atoms with E-state index in [9.17, 15) is 9.59 Å². The van der Waals surface area contributed by atoms with Crippen LogP contribution >= 0.6 is 0 Å². The quantitative estimate of drug-likeness (QED) is 0.362. The Labute approximate surface area is 217 Å². The molecule has 3 aromatic rings. The lowest BCUT2D eigenvalue weighted by Crippen LogP contribution is -2.42. The molecule has 3 aromatic carbocycles. The number of fused-ring (bicyclic) bond motifs is 1. The van der Waals surface area contributed by atoms with Crippen molar-refractivity contribution in [3.05, 3.63) is 89.0 Å². The molecule has 37 heavy (non-hydrogen) atoms. The van der Waals surface area contributed by atoms with Gasteiger partial charge in [0.1, 0.15) is 12.4 Å². The number of ether oxygens (including phenoxy) is 4. The van der Waals surface area contributed by atoms with E-state index in [0.717, 1.165) is 23.1 Å². The van der Waals surface area contributed by atoms with Gasteiger partial charge in [-0.3, -0.25) is 4.79 Å². The molecule has 1 aliphatic heterocycles. The molecule has 0 bridgehead atoms. The Kier molecular flexibility index (Phi) is 8.67. The van der Waals surface area contributed by atoms with Gasteiger partial charge in [-0.05, 0) is 72.9 Å². The fraction of sp³-hybridized carbons (Fsp3) is 0.333. The number of carbonyl (C=O) groups excluding carboxylic acids is 2. The van der Waals surface area contributed by atoms with Gasteiger partial charge in [0.25, 0.3) is 0 Å². The highest BCUT2D eigenvalue weighted by molar-refractivity contribution is 5.89. The van der Waals surface area contributed by atoms with Crippen LogP contribution in [0.25, 0.3) is 0 Å². The lowest BCUT2D eigenvalue weighted by Gasteiger charge is -2.37. The van der Waals surface area contributed by atoms with E-state index in [1.807, 2.05) is 47.4 Å². The predicted molar refractivity (Wildman–Crippen MR) is 140 cm³/mol. The highest BCUT2D eigenvalue weighted by Crippen LogP contribution is 2.38. The summed E-state index contributed by atoms with van der Waals surface area (Å²) < 4.78 is 22.3. The third-order valence-electron chi connectivity index (χ3n) is 6.57. The van der Waals surface area contributed by atoms with Gasteiger partial charge in [0.05, 0.1) is 32.4 Å². The standard InChI is InChI=1S/C30H33NO6/c1-4-36-30(33)22-11-13-24(14-12-22)37-20-26-25-19-28(35-3)27(34-2)18-23(25)16-17-31(26)29(32)15-10-21-8-6-5-7-9-21/h5-9,11-14,18-19,26H,4,10,15-17,20H2,1-3H3. The zero-order valence-electron chi connectivity index (χ0n) is 21.6. The first-order chi connectivity index (χ1) is 18.0. The lowest BCUT2D eigenvalue weighted by atomic mass is 9.91. The number of benzene rings is 3. The number of nitrogens with zero attached hydrogens (tertiary/aromatic N) is 1. The SMILES string of the molecule is CCOC(=O)c1ccc(OCC2c3cc(OC)c(OC)cc3CCN2C(=O)CCc2ccccc2)cc1. The molecule has 0 radical (unpaired) electrons. The van der Waals surface area contributed by atoms with Gasteiger partial charge in [0.15, 0.2) is 11.5 Å². The maximum atomic E-state index is 13.4. The van der Waals surface area contributed by atoms with Gasteiger partial charge in [-0.15, -0.1) is 0 Å². The van der Waals surface area contributed by atoms with Crippen LogP contribution in [0.2, 0.25) is 0 Å². The minimum atomic E-state index is -0.369. The van der Waals surface area contributed by atoms with Crippen LogP contribution in [-0.2, 0) is 22.4 Å². The van der Waals surface area contributed by atoms with E-state index >= 15 is 0 Å². The minimum absolute atomic E-state index is 0.0792. The molecule has 0 aliphatic carbocycles. The van der Waals surface area contributed by atoms with E-state index in [0.29, 0.717) is 48.8 Å². The average molecular weight is 504 g/mol. The van der Waals surface area contributed by atoms with Gasteiger partial charge in [-0.2, -0.15) is 0 Å². The van der Waals surface area contributed by atoms with Crippen molar-refractivity contribution in [1.29, 1.82) is 0 Å². The molecule has 4 rings (SSSR count). The number of esters is 1. The van der Waals surface area contributed by atoms with Gasteiger partial charge >= 0.3 is 5.97 Å². The van der Waals surface area contributed by atoms with E-state index in [4.69, 9.17) is 18.9 Å². The fourth-order valence-corrected chi connectivity index (χ4v) is 4.62. The summed E-state index contributed by atoms with van der Waals surface area (Å²) in [6.45, 7) is 2.94. The van der Waals surface area contributed by atoms with Crippen LogP contribution < -0.4 is 14.2 Å². The fourth-order valence-electron chi connectivity index (χ4n) is 4.62. The summed E-state index contributed by atoms with van der Waals surface area (Å²) in [4.78, 5) is 27.3. The molecule has 0 fully saturated rings. The van der Waals surface area contributed by atoms with Crippen LogP contribution in [0.4, 0.5) is 0 Å². The Morgan fingerprint density at radius 1 is 0.946 bits per heavy atom. The van der Waals surface area contributed by atoms with Crippen molar-refractivity contribution in [2.45, 2.75) is 32.2 Å². The molecular weight excluding hydrogens is 470 g/mol. The molecule has 194 valence electrons. The summed E-state index contributed by atoms with van der Waals surface area (Å²) in [5.41, 5.74) is 3.69. The number of rotatable bonds is 10. The molecule has 0 saturated heterocycles. The third-order valence-corrected chi connectivity index (χ3v) is 6.57. The highest BCUT2D eigenvalue weighted by Gasteiger charge is 2.32. The van der Waals surface area contributed by atoms with Gasteiger partial charge in [-0.25, -0.2) is 4.79 Å². The van der Waals surface area contributed by atoms with E-state index in [1.54, 1.807) is 45.4 Å². The second-order valence-electron chi connectivity index (χ2n) is 8.80. The summed E-state index contributed by atoms with van der Waals surface area (Å²) in [5.74, 6) is 1.60.